The maximum atomic E-state index is 5.61. The third kappa shape index (κ3) is 3.83. The second-order valence-electron chi connectivity index (χ2n) is 6.51. The molecule has 0 spiro atoms. The highest BCUT2D eigenvalue weighted by Crippen LogP contribution is 2.32. The summed E-state index contributed by atoms with van der Waals surface area (Å²) in [6.07, 6.45) is 0. The van der Waals surface area contributed by atoms with Crippen molar-refractivity contribution in [2.75, 3.05) is 20.0 Å². The lowest BCUT2D eigenvalue weighted by atomic mass is 10.1. The van der Waals surface area contributed by atoms with Crippen molar-refractivity contribution in [1.82, 2.24) is 0 Å². The Morgan fingerprint density at radius 3 is 1.62 bits per heavy atom. The van der Waals surface area contributed by atoms with Crippen LogP contribution in [0.15, 0.2) is 60.7 Å². The molecule has 0 aliphatic carbocycles. The highest BCUT2D eigenvalue weighted by molar-refractivity contribution is 5.54. The lowest BCUT2D eigenvalue weighted by Crippen LogP contribution is -2.15. The highest BCUT2D eigenvalue weighted by Gasteiger charge is 2.12. The molecule has 4 nitrogen and oxygen atoms in total. The first-order chi connectivity index (χ1) is 14.3. The van der Waals surface area contributed by atoms with Gasteiger partial charge in [0.2, 0.25) is 6.79 Å². The standard InChI is InChI=1S/C25H16O4/c1-2-18(4-6-20-8-10-22-24(15-20)27-13-12-26-22)14-19(3-1)5-7-21-9-11-23-25(16-21)29-17-28-23/h1-3,8-11,14-16H,12-13,17H2. The topological polar surface area (TPSA) is 36.9 Å². The Bertz CT molecular complexity index is 1200. The summed E-state index contributed by atoms with van der Waals surface area (Å²) in [4.78, 5) is 0. The third-order valence-corrected chi connectivity index (χ3v) is 4.48. The van der Waals surface area contributed by atoms with Gasteiger partial charge < -0.3 is 18.9 Å². The average Bonchev–Trinajstić information content (AvgIpc) is 3.24. The monoisotopic (exact) mass is 380 g/mol. The van der Waals surface area contributed by atoms with E-state index in [1.165, 1.54) is 0 Å². The molecular formula is C25H16O4. The highest BCUT2D eigenvalue weighted by atomic mass is 16.7. The first kappa shape index (κ1) is 17.1. The summed E-state index contributed by atoms with van der Waals surface area (Å²) < 4.78 is 21.9. The van der Waals surface area contributed by atoms with E-state index in [0.29, 0.717) is 13.2 Å². The van der Waals surface area contributed by atoms with Crippen LogP contribution in [0.3, 0.4) is 0 Å². The van der Waals surface area contributed by atoms with Gasteiger partial charge in [0.1, 0.15) is 13.2 Å². The van der Waals surface area contributed by atoms with Crippen molar-refractivity contribution < 1.29 is 18.9 Å². The molecule has 0 fully saturated rings. The Hall–Kier alpha value is -4.02. The quantitative estimate of drug-likeness (QED) is 0.553. The van der Waals surface area contributed by atoms with Gasteiger partial charge in [0.15, 0.2) is 23.0 Å². The van der Waals surface area contributed by atoms with Crippen molar-refractivity contribution in [2.45, 2.75) is 0 Å². The van der Waals surface area contributed by atoms with Crippen molar-refractivity contribution >= 4 is 0 Å². The molecule has 2 aliphatic heterocycles. The molecule has 0 atom stereocenters. The fourth-order valence-electron chi connectivity index (χ4n) is 3.06. The van der Waals surface area contributed by atoms with Crippen LogP contribution in [0.5, 0.6) is 23.0 Å². The molecule has 0 unspecified atom stereocenters. The summed E-state index contributed by atoms with van der Waals surface area (Å²) in [5.41, 5.74) is 3.56. The van der Waals surface area contributed by atoms with Crippen LogP contribution in [0.25, 0.3) is 0 Å². The van der Waals surface area contributed by atoms with Gasteiger partial charge in [-0.05, 0) is 54.6 Å². The molecular weight excluding hydrogens is 364 g/mol. The second kappa shape index (κ2) is 7.54. The van der Waals surface area contributed by atoms with Gasteiger partial charge in [-0.2, -0.15) is 0 Å². The predicted molar refractivity (Wildman–Crippen MR) is 108 cm³/mol. The largest absolute Gasteiger partial charge is 0.486 e. The normalized spacial score (nSPS) is 13.0. The molecule has 5 rings (SSSR count). The van der Waals surface area contributed by atoms with Gasteiger partial charge in [0.25, 0.3) is 0 Å². The zero-order valence-electron chi connectivity index (χ0n) is 15.5. The molecule has 3 aromatic carbocycles. The molecule has 0 N–H and O–H groups in total. The van der Waals surface area contributed by atoms with Crippen LogP contribution >= 0.6 is 0 Å². The van der Waals surface area contributed by atoms with Crippen molar-refractivity contribution in [3.05, 3.63) is 82.9 Å². The number of ether oxygens (including phenoxy) is 4. The van der Waals surface area contributed by atoms with Crippen LogP contribution in [0, 0.1) is 23.7 Å². The first-order valence-corrected chi connectivity index (χ1v) is 9.27. The van der Waals surface area contributed by atoms with Gasteiger partial charge in [0, 0.05) is 22.3 Å². The van der Waals surface area contributed by atoms with E-state index in [0.717, 1.165) is 45.3 Å². The lowest BCUT2D eigenvalue weighted by molar-refractivity contribution is 0.171. The summed E-state index contributed by atoms with van der Waals surface area (Å²) in [5, 5.41) is 0. The summed E-state index contributed by atoms with van der Waals surface area (Å²) in [7, 11) is 0. The molecule has 4 heteroatoms. The molecule has 3 aromatic rings. The van der Waals surface area contributed by atoms with E-state index >= 15 is 0 Å². The second-order valence-corrected chi connectivity index (χ2v) is 6.51. The molecule has 29 heavy (non-hydrogen) atoms. The summed E-state index contributed by atoms with van der Waals surface area (Å²) >= 11 is 0. The van der Waals surface area contributed by atoms with Gasteiger partial charge in [-0.15, -0.1) is 0 Å². The Balaban J connectivity index is 1.35. The molecule has 2 heterocycles. The van der Waals surface area contributed by atoms with E-state index < -0.39 is 0 Å². The van der Waals surface area contributed by atoms with Gasteiger partial charge >= 0.3 is 0 Å². The van der Waals surface area contributed by atoms with Crippen LogP contribution < -0.4 is 18.9 Å². The number of fused-ring (bicyclic) bond motifs is 2. The van der Waals surface area contributed by atoms with E-state index in [4.69, 9.17) is 18.9 Å². The summed E-state index contributed by atoms with van der Waals surface area (Å²) in [6, 6.07) is 19.3. The Kier molecular flexibility index (Phi) is 4.45. The number of benzene rings is 3. The molecule has 0 saturated carbocycles. The molecule has 2 aliphatic rings. The first-order valence-electron chi connectivity index (χ1n) is 9.27. The van der Waals surface area contributed by atoms with E-state index in [9.17, 15) is 0 Å². The van der Waals surface area contributed by atoms with Gasteiger partial charge in [-0.1, -0.05) is 29.7 Å². The third-order valence-electron chi connectivity index (χ3n) is 4.48. The molecule has 0 radical (unpaired) electrons. The molecule has 0 saturated heterocycles. The van der Waals surface area contributed by atoms with Gasteiger partial charge in [-0.3, -0.25) is 0 Å². The summed E-state index contributed by atoms with van der Waals surface area (Å²) in [5.74, 6) is 15.7. The molecule has 0 amide bonds. The van der Waals surface area contributed by atoms with Crippen LogP contribution in [-0.4, -0.2) is 20.0 Å². The molecule has 140 valence electrons. The average molecular weight is 380 g/mol. The van der Waals surface area contributed by atoms with Gasteiger partial charge in [-0.25, -0.2) is 0 Å². The molecule has 0 bridgehead atoms. The number of rotatable bonds is 0. The zero-order valence-corrected chi connectivity index (χ0v) is 15.5. The van der Waals surface area contributed by atoms with E-state index in [2.05, 4.69) is 23.7 Å². The minimum atomic E-state index is 0.260. The minimum Gasteiger partial charge on any atom is -0.486 e. The summed E-state index contributed by atoms with van der Waals surface area (Å²) in [6.45, 7) is 1.41. The Morgan fingerprint density at radius 2 is 0.966 bits per heavy atom. The Labute approximate surface area is 169 Å². The number of hydrogen-bond acceptors (Lipinski definition) is 4. The van der Waals surface area contributed by atoms with Crippen molar-refractivity contribution in [1.29, 1.82) is 0 Å². The van der Waals surface area contributed by atoms with Crippen LogP contribution in [0.1, 0.15) is 22.3 Å². The number of hydrogen-bond donors (Lipinski definition) is 0. The maximum absolute atomic E-state index is 5.61. The van der Waals surface area contributed by atoms with E-state index in [-0.39, 0.29) is 6.79 Å². The lowest BCUT2D eigenvalue weighted by Gasteiger charge is -2.17. The van der Waals surface area contributed by atoms with Gasteiger partial charge in [0.05, 0.1) is 0 Å². The van der Waals surface area contributed by atoms with Crippen LogP contribution in [-0.2, 0) is 0 Å². The van der Waals surface area contributed by atoms with E-state index in [1.807, 2.05) is 60.7 Å². The SMILES string of the molecule is C(#Cc1ccc2c(c1)OCCO2)c1cccc(C#Cc2ccc3c(c2)OCO3)c1. The zero-order chi connectivity index (χ0) is 19.5. The van der Waals surface area contributed by atoms with E-state index in [1.54, 1.807) is 0 Å². The fraction of sp³-hybridized carbons (Fsp3) is 0.120. The predicted octanol–water partition coefficient (Wildman–Crippen LogP) is 3.99. The smallest absolute Gasteiger partial charge is 0.231 e. The minimum absolute atomic E-state index is 0.260. The van der Waals surface area contributed by atoms with Crippen LogP contribution in [0.4, 0.5) is 0 Å². The Morgan fingerprint density at radius 1 is 0.483 bits per heavy atom. The van der Waals surface area contributed by atoms with Crippen molar-refractivity contribution in [2.24, 2.45) is 0 Å². The van der Waals surface area contributed by atoms with Crippen molar-refractivity contribution in [3.8, 4) is 46.7 Å². The van der Waals surface area contributed by atoms with Crippen molar-refractivity contribution in [3.63, 3.8) is 0 Å². The van der Waals surface area contributed by atoms with Crippen LogP contribution in [0.2, 0.25) is 0 Å². The fourth-order valence-corrected chi connectivity index (χ4v) is 3.06. The molecule has 0 aromatic heterocycles. The maximum Gasteiger partial charge on any atom is 0.231 e.